The topological polar surface area (TPSA) is 145 Å². The number of hydrogen-bond acceptors (Lipinski definition) is 6. The fourth-order valence-electron chi connectivity index (χ4n) is 5.10. The smallest absolute Gasteiger partial charge is 0.217 e. The first-order valence-electron chi connectivity index (χ1n) is 15.9. The maximum atomic E-state index is 11.0. The Bertz CT molecular complexity index is 715. The Morgan fingerprint density at radius 2 is 0.727 bits per heavy atom. The van der Waals surface area contributed by atoms with Crippen LogP contribution in [0.4, 0.5) is 0 Å². The van der Waals surface area contributed by atoms with Gasteiger partial charge in [0.2, 0.25) is 11.8 Å². The lowest BCUT2D eigenvalue weighted by Gasteiger charge is -2.24. The number of primary amides is 2. The zero-order valence-electron chi connectivity index (χ0n) is 26.9. The van der Waals surface area contributed by atoms with Crippen molar-refractivity contribution in [2.75, 3.05) is 39.3 Å². The molecule has 0 unspecified atom stereocenters. The average Bonchev–Trinajstić information content (AvgIpc) is 2.92. The van der Waals surface area contributed by atoms with Gasteiger partial charge in [0.15, 0.2) is 0 Å². The van der Waals surface area contributed by atoms with Crippen molar-refractivity contribution >= 4 is 61.4 Å². The van der Waals surface area contributed by atoms with Gasteiger partial charge < -0.3 is 22.9 Å². The van der Waals surface area contributed by atoms with Crippen LogP contribution in [0, 0.1) is 0 Å². The molecule has 8 nitrogen and oxygen atoms in total. The summed E-state index contributed by atoms with van der Waals surface area (Å²) >= 11 is 0. The lowest BCUT2D eigenvalue weighted by Crippen LogP contribution is -2.26. The molecule has 0 heterocycles. The second kappa shape index (κ2) is 35.0. The zero-order chi connectivity index (χ0) is 29.3. The molecule has 0 saturated carbocycles. The number of unbranched alkanes of at least 4 members (excludes halogenated alkanes) is 10. The normalized spacial score (nSPS) is 10.5. The largest absolute Gasteiger partial charge is 0.370 e. The molecule has 0 bridgehead atoms. The molecule has 1 aromatic rings. The lowest BCUT2D eigenvalue weighted by molar-refractivity contribution is -0.119. The van der Waals surface area contributed by atoms with E-state index in [-0.39, 0.29) is 61.4 Å². The fraction of sp³-hybridized carbons (Fsp3) is 0.750. The molecule has 0 aliphatic heterocycles. The van der Waals surface area contributed by atoms with E-state index in [1.165, 1.54) is 49.7 Å². The summed E-state index contributed by atoms with van der Waals surface area (Å²) in [5, 5.41) is 0. The van der Waals surface area contributed by atoms with E-state index in [1.54, 1.807) is 0 Å². The zero-order valence-corrected chi connectivity index (χ0v) is 30.2. The Kier molecular flexibility index (Phi) is 39.8. The van der Waals surface area contributed by atoms with Crippen LogP contribution in [-0.4, -0.2) is 60.9 Å². The molecule has 0 saturated heterocycles. The van der Waals surface area contributed by atoms with Gasteiger partial charge in [0, 0.05) is 25.9 Å². The molecule has 2 amide bonds. The number of benzene rings is 1. The first-order valence-corrected chi connectivity index (χ1v) is 15.9. The average molecular weight is 707 g/mol. The van der Waals surface area contributed by atoms with E-state index in [9.17, 15) is 9.59 Å². The van der Waals surface area contributed by atoms with E-state index in [2.05, 4.69) is 34.1 Å². The van der Waals surface area contributed by atoms with Crippen LogP contribution in [0.5, 0.6) is 0 Å². The number of nitrogens with two attached hydrogens (primary N) is 4. The van der Waals surface area contributed by atoms with Crippen molar-refractivity contribution in [3.05, 3.63) is 35.4 Å². The molecule has 12 heteroatoms. The highest BCUT2D eigenvalue weighted by Gasteiger charge is 2.09. The number of rotatable bonds is 28. The summed E-state index contributed by atoms with van der Waals surface area (Å²) in [6, 6.07) is 9.15. The molecule has 0 aliphatic rings. The van der Waals surface area contributed by atoms with Gasteiger partial charge in [-0.1, -0.05) is 62.8 Å². The molecule has 0 radical (unpaired) electrons. The van der Waals surface area contributed by atoms with E-state index in [0.29, 0.717) is 12.8 Å². The SMILES string of the molecule is Cl.Cl.Cl.Cl.NCCCCCCN(CCCCCC(N)=O)Cc1ccc(CN(CCCCCCN)CCCCCC(N)=O)cc1. The highest BCUT2D eigenvalue weighted by Crippen LogP contribution is 2.14. The Labute approximate surface area is 293 Å². The van der Waals surface area contributed by atoms with Crippen LogP contribution in [0.3, 0.4) is 0 Å². The van der Waals surface area contributed by atoms with Crippen molar-refractivity contribution in [1.29, 1.82) is 0 Å². The molecule has 0 aliphatic carbocycles. The van der Waals surface area contributed by atoms with Crippen molar-refractivity contribution in [2.45, 2.75) is 116 Å². The van der Waals surface area contributed by atoms with Gasteiger partial charge in [-0.05, 0) is 102 Å². The van der Waals surface area contributed by atoms with Crippen LogP contribution in [0.1, 0.15) is 114 Å². The first-order chi connectivity index (χ1) is 19.4. The predicted molar refractivity (Wildman–Crippen MR) is 196 cm³/mol. The van der Waals surface area contributed by atoms with Gasteiger partial charge in [-0.15, -0.1) is 49.6 Å². The van der Waals surface area contributed by atoms with E-state index >= 15 is 0 Å². The molecule has 0 atom stereocenters. The summed E-state index contributed by atoms with van der Waals surface area (Å²) in [6.07, 6.45) is 16.4. The number of halogens is 4. The number of amides is 2. The van der Waals surface area contributed by atoms with Crippen LogP contribution in [0.2, 0.25) is 0 Å². The molecule has 262 valence electrons. The third-order valence-corrected chi connectivity index (χ3v) is 7.49. The Hall–Kier alpha value is -0.840. The van der Waals surface area contributed by atoms with Crippen LogP contribution in [-0.2, 0) is 22.7 Å². The highest BCUT2D eigenvalue weighted by molar-refractivity contribution is 5.86. The van der Waals surface area contributed by atoms with Crippen molar-refractivity contribution in [3.8, 4) is 0 Å². The summed E-state index contributed by atoms with van der Waals surface area (Å²) in [6.45, 7) is 7.74. The molecular weight excluding hydrogens is 642 g/mol. The molecule has 44 heavy (non-hydrogen) atoms. The summed E-state index contributed by atoms with van der Waals surface area (Å²) < 4.78 is 0. The number of nitrogens with zero attached hydrogens (tertiary/aromatic N) is 2. The van der Waals surface area contributed by atoms with Crippen LogP contribution in [0.15, 0.2) is 24.3 Å². The molecular formula is C32H64Cl4N6O2. The molecule has 1 rings (SSSR count). The van der Waals surface area contributed by atoms with Crippen molar-refractivity contribution in [2.24, 2.45) is 22.9 Å². The summed E-state index contributed by atoms with van der Waals surface area (Å²) in [5.74, 6) is -0.407. The second-order valence-electron chi connectivity index (χ2n) is 11.3. The highest BCUT2D eigenvalue weighted by atomic mass is 35.5. The molecule has 8 N–H and O–H groups in total. The minimum absolute atomic E-state index is 0. The van der Waals surface area contributed by atoms with Crippen LogP contribution < -0.4 is 22.9 Å². The maximum absolute atomic E-state index is 11.0. The lowest BCUT2D eigenvalue weighted by atomic mass is 10.1. The Morgan fingerprint density at radius 3 is 1.00 bits per heavy atom. The molecule has 0 aromatic heterocycles. The Balaban J connectivity index is -0.00000200. The third-order valence-electron chi connectivity index (χ3n) is 7.49. The van der Waals surface area contributed by atoms with Crippen molar-refractivity contribution in [3.63, 3.8) is 0 Å². The third kappa shape index (κ3) is 29.8. The standard InChI is InChI=1S/C32H60N6O2.4ClH/c33-21-9-1-3-11-23-37(25-13-5-7-15-31(35)39)27-29-17-19-30(20-18-29)28-38(24-12-4-2-10-22-34)26-14-6-8-16-32(36)40;;;;/h17-20H,1-16,21-28,33-34H2,(H2,35,39)(H2,36,40);4*1H. The Morgan fingerprint density at radius 1 is 0.455 bits per heavy atom. The van der Waals surface area contributed by atoms with Crippen molar-refractivity contribution < 1.29 is 9.59 Å². The van der Waals surface area contributed by atoms with Crippen LogP contribution >= 0.6 is 49.6 Å². The van der Waals surface area contributed by atoms with Gasteiger partial charge in [0.25, 0.3) is 0 Å². The monoisotopic (exact) mass is 704 g/mol. The van der Waals surface area contributed by atoms with E-state index < -0.39 is 0 Å². The molecule has 0 spiro atoms. The van der Waals surface area contributed by atoms with E-state index in [1.807, 2.05) is 0 Å². The molecule has 0 fully saturated rings. The van der Waals surface area contributed by atoms with Crippen LogP contribution in [0.25, 0.3) is 0 Å². The van der Waals surface area contributed by atoms with Gasteiger partial charge in [0.05, 0.1) is 0 Å². The second-order valence-corrected chi connectivity index (χ2v) is 11.3. The first kappa shape index (κ1) is 50.0. The number of hydrogen-bond donors (Lipinski definition) is 4. The van der Waals surface area contributed by atoms with E-state index in [0.717, 1.165) is 104 Å². The predicted octanol–water partition coefficient (Wildman–Crippen LogP) is 6.11. The summed E-state index contributed by atoms with van der Waals surface area (Å²) in [7, 11) is 0. The molecule has 1 aromatic carbocycles. The van der Waals surface area contributed by atoms with Gasteiger partial charge in [0.1, 0.15) is 0 Å². The summed E-state index contributed by atoms with van der Waals surface area (Å²) in [5.41, 5.74) is 24.6. The number of carbonyl (C=O) groups excluding carboxylic acids is 2. The fourth-order valence-corrected chi connectivity index (χ4v) is 5.10. The number of carbonyl (C=O) groups is 2. The van der Waals surface area contributed by atoms with Crippen molar-refractivity contribution in [1.82, 2.24) is 9.80 Å². The summed E-state index contributed by atoms with van der Waals surface area (Å²) in [4.78, 5) is 27.2. The minimum atomic E-state index is -0.204. The minimum Gasteiger partial charge on any atom is -0.370 e. The maximum Gasteiger partial charge on any atom is 0.217 e. The van der Waals surface area contributed by atoms with Gasteiger partial charge >= 0.3 is 0 Å². The van der Waals surface area contributed by atoms with Gasteiger partial charge in [-0.3, -0.25) is 19.4 Å². The van der Waals surface area contributed by atoms with E-state index in [4.69, 9.17) is 22.9 Å². The van der Waals surface area contributed by atoms with Gasteiger partial charge in [-0.25, -0.2) is 0 Å². The van der Waals surface area contributed by atoms with Gasteiger partial charge in [-0.2, -0.15) is 0 Å². The quantitative estimate of drug-likeness (QED) is 0.0775.